The molecule has 2 unspecified atom stereocenters. The van der Waals surface area contributed by atoms with E-state index in [0.29, 0.717) is 47.1 Å². The van der Waals surface area contributed by atoms with Gasteiger partial charge in [-0.1, -0.05) is 36.4 Å². The molecule has 0 spiro atoms. The van der Waals surface area contributed by atoms with Crippen molar-refractivity contribution in [1.29, 1.82) is 0 Å². The lowest BCUT2D eigenvalue weighted by molar-refractivity contribution is -0.119. The van der Waals surface area contributed by atoms with Gasteiger partial charge in [-0.05, 0) is 38.5 Å². The van der Waals surface area contributed by atoms with E-state index in [0.717, 1.165) is 6.42 Å². The Balaban J connectivity index is 1.64. The Kier molecular flexibility index (Phi) is 8.80. The molecular formula is C23H30ClN5O3S. The van der Waals surface area contributed by atoms with Crippen LogP contribution < -0.4 is 15.0 Å². The van der Waals surface area contributed by atoms with Gasteiger partial charge in [-0.2, -0.15) is 0 Å². The van der Waals surface area contributed by atoms with Gasteiger partial charge < -0.3 is 19.9 Å². The molecule has 1 fully saturated rings. The van der Waals surface area contributed by atoms with E-state index in [1.54, 1.807) is 25.3 Å². The minimum atomic E-state index is -0.0576. The Labute approximate surface area is 204 Å². The number of amides is 2. The van der Waals surface area contributed by atoms with E-state index in [1.165, 1.54) is 11.8 Å². The maximum absolute atomic E-state index is 13.0. The lowest BCUT2D eigenvalue weighted by Crippen LogP contribution is -2.54. The van der Waals surface area contributed by atoms with Crippen LogP contribution in [-0.2, 0) is 4.79 Å². The number of benzene rings is 1. The first kappa shape index (κ1) is 25.1. The first-order chi connectivity index (χ1) is 15.8. The van der Waals surface area contributed by atoms with E-state index in [9.17, 15) is 9.59 Å². The fourth-order valence-electron chi connectivity index (χ4n) is 3.55. The molecule has 1 saturated heterocycles. The van der Waals surface area contributed by atoms with Crippen LogP contribution in [0.4, 0.5) is 5.82 Å². The molecule has 2 heterocycles. The van der Waals surface area contributed by atoms with Crippen molar-refractivity contribution >= 4 is 41.0 Å². The van der Waals surface area contributed by atoms with E-state index in [2.05, 4.69) is 20.2 Å². The molecule has 2 amide bonds. The molecule has 2 aromatic rings. The molecule has 1 aromatic heterocycles. The Morgan fingerprint density at radius 3 is 2.79 bits per heavy atom. The largest absolute Gasteiger partial charge is 0.497 e. The van der Waals surface area contributed by atoms with Crippen molar-refractivity contribution in [2.45, 2.75) is 44.4 Å². The van der Waals surface area contributed by atoms with Crippen molar-refractivity contribution in [2.24, 2.45) is 0 Å². The molecule has 0 bridgehead atoms. The van der Waals surface area contributed by atoms with Gasteiger partial charge >= 0.3 is 0 Å². The Bertz CT molecular complexity index is 992. The second-order valence-corrected chi connectivity index (χ2v) is 9.35. The molecule has 1 aliphatic rings. The SMILES string of the molecule is CCC(C)NC(=O)CSc1nc(Cl)cc(N2CCN(C(=O)c3cccc(OC)c3)C(C)C2)n1. The summed E-state index contributed by atoms with van der Waals surface area (Å²) in [6.07, 6.45) is 0.874. The van der Waals surface area contributed by atoms with E-state index in [-0.39, 0.29) is 29.7 Å². The highest BCUT2D eigenvalue weighted by atomic mass is 35.5. The van der Waals surface area contributed by atoms with E-state index < -0.39 is 0 Å². The van der Waals surface area contributed by atoms with Crippen LogP contribution in [0.3, 0.4) is 0 Å². The van der Waals surface area contributed by atoms with Crippen molar-refractivity contribution in [2.75, 3.05) is 37.4 Å². The number of carbonyl (C=O) groups excluding carboxylic acids is 2. The van der Waals surface area contributed by atoms with Crippen LogP contribution in [0.2, 0.25) is 5.15 Å². The van der Waals surface area contributed by atoms with E-state index in [4.69, 9.17) is 16.3 Å². The monoisotopic (exact) mass is 491 g/mol. The van der Waals surface area contributed by atoms with Gasteiger partial charge in [-0.3, -0.25) is 9.59 Å². The van der Waals surface area contributed by atoms with E-state index in [1.807, 2.05) is 37.8 Å². The second kappa shape index (κ2) is 11.6. The number of thioether (sulfide) groups is 1. The molecule has 2 atom stereocenters. The number of ether oxygens (including phenoxy) is 1. The summed E-state index contributed by atoms with van der Waals surface area (Å²) in [7, 11) is 1.59. The van der Waals surface area contributed by atoms with Gasteiger partial charge in [0.25, 0.3) is 5.91 Å². The van der Waals surface area contributed by atoms with Crippen LogP contribution in [-0.4, -0.2) is 71.3 Å². The second-order valence-electron chi connectivity index (χ2n) is 8.02. The molecular weight excluding hydrogens is 462 g/mol. The summed E-state index contributed by atoms with van der Waals surface area (Å²) in [5.74, 6) is 1.50. The minimum absolute atomic E-state index is 0.0228. The van der Waals surface area contributed by atoms with Crippen molar-refractivity contribution in [3.05, 3.63) is 41.0 Å². The molecule has 8 nitrogen and oxygen atoms in total. The zero-order valence-corrected chi connectivity index (χ0v) is 20.9. The number of carbonyl (C=O) groups is 2. The summed E-state index contributed by atoms with van der Waals surface area (Å²) in [6, 6.07) is 9.02. The molecule has 0 radical (unpaired) electrons. The van der Waals surface area contributed by atoms with Gasteiger partial charge in [-0.15, -0.1) is 0 Å². The summed E-state index contributed by atoms with van der Waals surface area (Å²) in [5.41, 5.74) is 0.606. The topological polar surface area (TPSA) is 87.7 Å². The lowest BCUT2D eigenvalue weighted by atomic mass is 10.1. The zero-order chi connectivity index (χ0) is 24.0. The van der Waals surface area contributed by atoms with Crippen LogP contribution in [0, 0.1) is 0 Å². The minimum Gasteiger partial charge on any atom is -0.497 e. The molecule has 0 saturated carbocycles. The van der Waals surface area contributed by atoms with Gasteiger partial charge in [0, 0.05) is 43.3 Å². The number of aromatic nitrogens is 2. The Morgan fingerprint density at radius 1 is 1.30 bits per heavy atom. The maximum Gasteiger partial charge on any atom is 0.254 e. The van der Waals surface area contributed by atoms with E-state index >= 15 is 0 Å². The summed E-state index contributed by atoms with van der Waals surface area (Å²) in [5, 5.41) is 3.71. The number of halogens is 1. The quantitative estimate of drug-likeness (QED) is 0.343. The third-order valence-corrected chi connectivity index (χ3v) is 6.58. The first-order valence-electron chi connectivity index (χ1n) is 11.0. The van der Waals surface area contributed by atoms with Gasteiger partial charge in [0.2, 0.25) is 5.91 Å². The number of nitrogens with one attached hydrogen (secondary N) is 1. The fourth-order valence-corrected chi connectivity index (χ4v) is 4.44. The molecule has 1 aliphatic heterocycles. The number of piperazine rings is 1. The van der Waals surface area contributed by atoms with Crippen LogP contribution in [0.25, 0.3) is 0 Å². The van der Waals surface area contributed by atoms with Crippen LogP contribution in [0.15, 0.2) is 35.5 Å². The molecule has 10 heteroatoms. The summed E-state index contributed by atoms with van der Waals surface area (Å²) >= 11 is 7.51. The number of nitrogens with zero attached hydrogens (tertiary/aromatic N) is 4. The van der Waals surface area contributed by atoms with Crippen molar-refractivity contribution < 1.29 is 14.3 Å². The standard InChI is InChI=1S/C23H30ClN5O3S/c1-5-15(2)25-21(30)14-33-23-26-19(24)12-20(27-23)28-9-10-29(16(3)13-28)22(31)17-7-6-8-18(11-17)32-4/h6-8,11-12,15-16H,5,9-10,13-14H2,1-4H3,(H,25,30). The fraction of sp³-hybridized carbons (Fsp3) is 0.478. The van der Waals surface area contributed by atoms with Crippen molar-refractivity contribution in [3.63, 3.8) is 0 Å². The average molecular weight is 492 g/mol. The molecule has 0 aliphatic carbocycles. The number of anilines is 1. The predicted octanol–water partition coefficient (Wildman–Crippen LogP) is 3.50. The molecule has 1 N–H and O–H groups in total. The summed E-state index contributed by atoms with van der Waals surface area (Å²) < 4.78 is 5.24. The predicted molar refractivity (Wildman–Crippen MR) is 131 cm³/mol. The smallest absolute Gasteiger partial charge is 0.254 e. The number of hydrogen-bond donors (Lipinski definition) is 1. The van der Waals surface area contributed by atoms with Crippen LogP contribution in [0.1, 0.15) is 37.6 Å². The highest BCUT2D eigenvalue weighted by molar-refractivity contribution is 7.99. The van der Waals surface area contributed by atoms with Gasteiger partial charge in [-0.25, -0.2) is 9.97 Å². The third kappa shape index (κ3) is 6.74. The molecule has 3 rings (SSSR count). The number of rotatable bonds is 8. The highest BCUT2D eigenvalue weighted by Crippen LogP contribution is 2.25. The molecule has 33 heavy (non-hydrogen) atoms. The van der Waals surface area contributed by atoms with Crippen LogP contribution >= 0.6 is 23.4 Å². The molecule has 178 valence electrons. The highest BCUT2D eigenvalue weighted by Gasteiger charge is 2.29. The third-order valence-electron chi connectivity index (χ3n) is 5.54. The summed E-state index contributed by atoms with van der Waals surface area (Å²) in [4.78, 5) is 37.9. The Morgan fingerprint density at radius 2 is 2.09 bits per heavy atom. The number of methoxy groups -OCH3 is 1. The summed E-state index contributed by atoms with van der Waals surface area (Å²) in [6.45, 7) is 7.79. The number of hydrogen-bond acceptors (Lipinski definition) is 7. The Hall–Kier alpha value is -2.52. The van der Waals surface area contributed by atoms with Gasteiger partial charge in [0.05, 0.1) is 12.9 Å². The normalized spacial score (nSPS) is 16.9. The van der Waals surface area contributed by atoms with Gasteiger partial charge in [0.15, 0.2) is 5.16 Å². The van der Waals surface area contributed by atoms with Crippen molar-refractivity contribution in [3.8, 4) is 5.75 Å². The average Bonchev–Trinajstić information content (AvgIpc) is 2.81. The lowest BCUT2D eigenvalue weighted by Gasteiger charge is -2.40. The maximum atomic E-state index is 13.0. The first-order valence-corrected chi connectivity index (χ1v) is 12.3. The van der Waals surface area contributed by atoms with Crippen LogP contribution in [0.5, 0.6) is 5.75 Å². The molecule has 1 aromatic carbocycles. The zero-order valence-electron chi connectivity index (χ0n) is 19.4. The van der Waals surface area contributed by atoms with Gasteiger partial charge in [0.1, 0.15) is 16.7 Å². The van der Waals surface area contributed by atoms with Crippen molar-refractivity contribution in [1.82, 2.24) is 20.2 Å².